The zero-order chi connectivity index (χ0) is 13.2. The van der Waals surface area contributed by atoms with Gasteiger partial charge in [-0.3, -0.25) is 0 Å². The van der Waals surface area contributed by atoms with Gasteiger partial charge < -0.3 is 5.73 Å². The Kier molecular flexibility index (Phi) is 2.80. The van der Waals surface area contributed by atoms with E-state index in [0.717, 1.165) is 16.9 Å². The Bertz CT molecular complexity index is 699. The van der Waals surface area contributed by atoms with E-state index < -0.39 is 0 Å². The largest absolute Gasteiger partial charge is 0.396 e. The third-order valence-corrected chi connectivity index (χ3v) is 3.05. The van der Waals surface area contributed by atoms with E-state index in [9.17, 15) is 0 Å². The Hall–Kier alpha value is -2.55. The fourth-order valence-corrected chi connectivity index (χ4v) is 2.12. The van der Waals surface area contributed by atoms with Gasteiger partial charge in [-0.1, -0.05) is 42.0 Å². The molecule has 0 atom stereocenters. The van der Waals surface area contributed by atoms with E-state index in [4.69, 9.17) is 5.73 Å². The van der Waals surface area contributed by atoms with Crippen LogP contribution in [0.2, 0.25) is 0 Å². The molecule has 0 saturated carbocycles. The van der Waals surface area contributed by atoms with Crippen LogP contribution in [0.15, 0.2) is 60.8 Å². The average Bonchev–Trinajstić information content (AvgIpc) is 2.82. The number of benzene rings is 2. The Morgan fingerprint density at radius 3 is 2.53 bits per heavy atom. The van der Waals surface area contributed by atoms with Crippen molar-refractivity contribution in [1.29, 1.82) is 0 Å². The van der Waals surface area contributed by atoms with Gasteiger partial charge in [0.2, 0.25) is 0 Å². The molecule has 3 aromatic rings. The van der Waals surface area contributed by atoms with Gasteiger partial charge in [0.1, 0.15) is 5.69 Å². The Balaban J connectivity index is 2.08. The molecule has 0 saturated heterocycles. The van der Waals surface area contributed by atoms with Crippen molar-refractivity contribution in [1.82, 2.24) is 9.78 Å². The smallest absolute Gasteiger partial charge is 0.116 e. The number of nitrogens with two attached hydrogens (primary N) is 1. The summed E-state index contributed by atoms with van der Waals surface area (Å²) in [6.07, 6.45) is 1.85. The van der Waals surface area contributed by atoms with E-state index in [1.165, 1.54) is 5.56 Å². The Labute approximate surface area is 112 Å². The quantitative estimate of drug-likeness (QED) is 0.756. The van der Waals surface area contributed by atoms with Crippen molar-refractivity contribution >= 4 is 5.69 Å². The number of aromatic nitrogens is 2. The zero-order valence-corrected chi connectivity index (χ0v) is 10.7. The van der Waals surface area contributed by atoms with Crippen LogP contribution in [0.25, 0.3) is 16.9 Å². The second kappa shape index (κ2) is 4.61. The fraction of sp³-hybridized carbons (Fsp3) is 0.0625. The molecule has 3 heteroatoms. The van der Waals surface area contributed by atoms with Crippen molar-refractivity contribution in [3.8, 4) is 16.9 Å². The summed E-state index contributed by atoms with van der Waals surface area (Å²) in [5.41, 5.74) is 10.8. The molecule has 1 heterocycles. The predicted molar refractivity (Wildman–Crippen MR) is 78.1 cm³/mol. The second-order valence-electron chi connectivity index (χ2n) is 4.58. The monoisotopic (exact) mass is 249 g/mol. The van der Waals surface area contributed by atoms with E-state index in [-0.39, 0.29) is 0 Å². The number of aryl methyl sites for hydroxylation is 1. The molecule has 3 nitrogen and oxygen atoms in total. The highest BCUT2D eigenvalue weighted by Gasteiger charge is 2.09. The van der Waals surface area contributed by atoms with Crippen LogP contribution in [0, 0.1) is 6.92 Å². The van der Waals surface area contributed by atoms with Gasteiger partial charge >= 0.3 is 0 Å². The van der Waals surface area contributed by atoms with Gasteiger partial charge in [-0.25, -0.2) is 4.68 Å². The Morgan fingerprint density at radius 2 is 1.79 bits per heavy atom. The van der Waals surface area contributed by atoms with Crippen LogP contribution in [0.4, 0.5) is 5.69 Å². The standard InChI is InChI=1S/C16H15N3/c1-12-6-5-7-13(10-12)16-15(17)11-19(18-16)14-8-3-2-4-9-14/h2-11H,17H2,1H3. The molecule has 0 aliphatic heterocycles. The average molecular weight is 249 g/mol. The topological polar surface area (TPSA) is 43.8 Å². The lowest BCUT2D eigenvalue weighted by molar-refractivity contribution is 0.884. The highest BCUT2D eigenvalue weighted by Crippen LogP contribution is 2.25. The summed E-state index contributed by atoms with van der Waals surface area (Å²) in [6.45, 7) is 2.06. The summed E-state index contributed by atoms with van der Waals surface area (Å²) in [5.74, 6) is 0. The van der Waals surface area contributed by atoms with Crippen molar-refractivity contribution in [2.45, 2.75) is 6.92 Å². The molecule has 19 heavy (non-hydrogen) atoms. The molecule has 0 bridgehead atoms. The highest BCUT2D eigenvalue weighted by molar-refractivity contribution is 5.72. The maximum absolute atomic E-state index is 6.08. The van der Waals surface area contributed by atoms with Crippen LogP contribution in [0.5, 0.6) is 0 Å². The summed E-state index contributed by atoms with van der Waals surface area (Å²) in [6, 6.07) is 18.2. The maximum Gasteiger partial charge on any atom is 0.116 e. The lowest BCUT2D eigenvalue weighted by Gasteiger charge is -2.01. The second-order valence-corrected chi connectivity index (χ2v) is 4.58. The van der Waals surface area contributed by atoms with E-state index >= 15 is 0 Å². The van der Waals surface area contributed by atoms with Crippen LogP contribution >= 0.6 is 0 Å². The van der Waals surface area contributed by atoms with Gasteiger partial charge in [-0.15, -0.1) is 0 Å². The zero-order valence-electron chi connectivity index (χ0n) is 10.7. The van der Waals surface area contributed by atoms with Gasteiger partial charge in [0, 0.05) is 5.56 Å². The van der Waals surface area contributed by atoms with E-state index in [0.29, 0.717) is 5.69 Å². The predicted octanol–water partition coefficient (Wildman–Crippen LogP) is 3.43. The minimum atomic E-state index is 0.689. The molecule has 94 valence electrons. The summed E-state index contributed by atoms with van der Waals surface area (Å²) in [4.78, 5) is 0. The first-order valence-corrected chi connectivity index (χ1v) is 6.21. The molecule has 2 aromatic carbocycles. The highest BCUT2D eigenvalue weighted by atomic mass is 15.3. The SMILES string of the molecule is Cc1cccc(-c2nn(-c3ccccc3)cc2N)c1. The number of hydrogen-bond acceptors (Lipinski definition) is 2. The molecular formula is C16H15N3. The van der Waals surface area contributed by atoms with Crippen LogP contribution in [-0.2, 0) is 0 Å². The van der Waals surface area contributed by atoms with Crippen molar-refractivity contribution in [2.24, 2.45) is 0 Å². The first-order chi connectivity index (χ1) is 9.24. The molecule has 0 fully saturated rings. The molecule has 0 spiro atoms. The van der Waals surface area contributed by atoms with Gasteiger partial charge in [0.25, 0.3) is 0 Å². The third kappa shape index (κ3) is 2.22. The molecule has 0 amide bonds. The van der Waals surface area contributed by atoms with E-state index in [1.54, 1.807) is 0 Å². The van der Waals surface area contributed by atoms with Crippen LogP contribution < -0.4 is 5.73 Å². The van der Waals surface area contributed by atoms with Crippen molar-refractivity contribution < 1.29 is 0 Å². The summed E-state index contributed by atoms with van der Waals surface area (Å²) >= 11 is 0. The lowest BCUT2D eigenvalue weighted by Crippen LogP contribution is -1.94. The lowest BCUT2D eigenvalue weighted by atomic mass is 10.1. The van der Waals surface area contributed by atoms with Gasteiger partial charge in [0.05, 0.1) is 17.6 Å². The van der Waals surface area contributed by atoms with Crippen molar-refractivity contribution in [2.75, 3.05) is 5.73 Å². The molecule has 2 N–H and O–H groups in total. The molecule has 3 rings (SSSR count). The van der Waals surface area contributed by atoms with Crippen molar-refractivity contribution in [3.05, 3.63) is 66.4 Å². The van der Waals surface area contributed by atoms with Gasteiger partial charge in [-0.2, -0.15) is 5.10 Å². The van der Waals surface area contributed by atoms with E-state index in [1.807, 2.05) is 53.3 Å². The Morgan fingerprint density at radius 1 is 1.00 bits per heavy atom. The fourth-order valence-electron chi connectivity index (χ4n) is 2.12. The minimum Gasteiger partial charge on any atom is -0.396 e. The number of nitrogen functional groups attached to an aromatic ring is 1. The molecule has 0 aliphatic rings. The van der Waals surface area contributed by atoms with Crippen molar-refractivity contribution in [3.63, 3.8) is 0 Å². The van der Waals surface area contributed by atoms with Crippen LogP contribution in [0.3, 0.4) is 0 Å². The number of anilines is 1. The molecular weight excluding hydrogens is 234 g/mol. The first kappa shape index (κ1) is 11.5. The van der Waals surface area contributed by atoms with Gasteiger partial charge in [0.15, 0.2) is 0 Å². The molecule has 0 radical (unpaired) electrons. The molecule has 0 aliphatic carbocycles. The summed E-state index contributed by atoms with van der Waals surface area (Å²) in [7, 11) is 0. The van der Waals surface area contributed by atoms with Crippen LogP contribution in [-0.4, -0.2) is 9.78 Å². The third-order valence-electron chi connectivity index (χ3n) is 3.05. The van der Waals surface area contributed by atoms with Crippen LogP contribution in [0.1, 0.15) is 5.56 Å². The van der Waals surface area contributed by atoms with E-state index in [2.05, 4.69) is 24.2 Å². The number of para-hydroxylation sites is 1. The minimum absolute atomic E-state index is 0.689. The number of rotatable bonds is 2. The summed E-state index contributed by atoms with van der Waals surface area (Å²) in [5, 5.41) is 4.58. The first-order valence-electron chi connectivity index (χ1n) is 6.21. The normalized spacial score (nSPS) is 10.6. The maximum atomic E-state index is 6.08. The molecule has 0 unspecified atom stereocenters. The molecule has 1 aromatic heterocycles. The summed E-state index contributed by atoms with van der Waals surface area (Å²) < 4.78 is 1.81. The number of hydrogen-bond donors (Lipinski definition) is 1. The van der Waals surface area contributed by atoms with Gasteiger partial charge in [-0.05, 0) is 25.1 Å². The number of nitrogens with zero attached hydrogens (tertiary/aromatic N) is 2.